The molecule has 1 aliphatic carbocycles. The zero-order valence-corrected chi connectivity index (χ0v) is 20.7. The van der Waals surface area contributed by atoms with Gasteiger partial charge in [-0.2, -0.15) is 8.78 Å². The van der Waals surface area contributed by atoms with Crippen LogP contribution in [0, 0.1) is 35.0 Å². The summed E-state index contributed by atoms with van der Waals surface area (Å²) in [6.07, 6.45) is 1.87. The van der Waals surface area contributed by atoms with Gasteiger partial charge < -0.3 is 14.6 Å². The minimum atomic E-state index is -1.16. The van der Waals surface area contributed by atoms with E-state index in [9.17, 15) is 27.1 Å². The molecule has 1 N–H and O–H groups in total. The third kappa shape index (κ3) is 5.74. The van der Waals surface area contributed by atoms with E-state index in [1.807, 2.05) is 0 Å². The zero-order chi connectivity index (χ0) is 26.7. The molecule has 3 aromatic carbocycles. The summed E-state index contributed by atoms with van der Waals surface area (Å²) in [4.78, 5) is 0. The first-order chi connectivity index (χ1) is 17.7. The van der Waals surface area contributed by atoms with Crippen molar-refractivity contribution < 1.29 is 36.5 Å². The minimum Gasteiger partial charge on any atom is -0.491 e. The molecule has 0 spiro atoms. The molecular weight excluding hydrogens is 491 g/mol. The number of aliphatic hydroxyl groups excluding tert-OH is 1. The second kappa shape index (κ2) is 11.5. The quantitative estimate of drug-likeness (QED) is 0.308. The Morgan fingerprint density at radius 1 is 0.784 bits per heavy atom. The Hall–Kier alpha value is -3.13. The van der Waals surface area contributed by atoms with Crippen molar-refractivity contribution in [3.05, 3.63) is 82.7 Å². The second-order valence-electron chi connectivity index (χ2n) is 9.40. The van der Waals surface area contributed by atoms with E-state index in [2.05, 4.69) is 0 Å². The van der Waals surface area contributed by atoms with Crippen molar-refractivity contribution >= 4 is 0 Å². The Bertz CT molecular complexity index is 1250. The fourth-order valence-electron chi connectivity index (χ4n) is 4.86. The van der Waals surface area contributed by atoms with Gasteiger partial charge in [-0.15, -0.1) is 0 Å². The fourth-order valence-corrected chi connectivity index (χ4v) is 4.86. The Morgan fingerprint density at radius 2 is 1.41 bits per heavy atom. The average Bonchev–Trinajstić information content (AvgIpc) is 2.88. The molecule has 8 heteroatoms. The maximum atomic E-state index is 15.0. The number of benzene rings is 3. The highest BCUT2D eigenvalue weighted by Crippen LogP contribution is 2.39. The molecule has 0 aromatic heterocycles. The largest absolute Gasteiger partial charge is 0.491 e. The third-order valence-corrected chi connectivity index (χ3v) is 6.95. The summed E-state index contributed by atoms with van der Waals surface area (Å²) in [5, 5.41) is 9.51. The lowest BCUT2D eigenvalue weighted by Gasteiger charge is -2.29. The van der Waals surface area contributed by atoms with Gasteiger partial charge in [0.1, 0.15) is 5.82 Å². The smallest absolute Gasteiger partial charge is 0.201 e. The molecule has 0 saturated heterocycles. The molecule has 1 unspecified atom stereocenters. The molecule has 0 amide bonds. The van der Waals surface area contributed by atoms with Crippen LogP contribution in [0.15, 0.2) is 42.5 Å². The number of hydrogen-bond donors (Lipinski definition) is 1. The van der Waals surface area contributed by atoms with Crippen molar-refractivity contribution in [2.45, 2.75) is 51.6 Å². The lowest BCUT2D eigenvalue weighted by Crippen LogP contribution is -2.20. The van der Waals surface area contributed by atoms with Crippen LogP contribution in [-0.4, -0.2) is 18.3 Å². The average molecular weight is 521 g/mol. The normalized spacial score (nSPS) is 18.5. The predicted molar refractivity (Wildman–Crippen MR) is 130 cm³/mol. The summed E-state index contributed by atoms with van der Waals surface area (Å²) >= 11 is 0. The van der Waals surface area contributed by atoms with E-state index in [-0.39, 0.29) is 53.2 Å². The number of halogens is 5. The van der Waals surface area contributed by atoms with Crippen molar-refractivity contribution in [3.63, 3.8) is 0 Å². The fraction of sp³-hybridized carbons (Fsp3) is 0.379. The van der Waals surface area contributed by atoms with Gasteiger partial charge in [-0.1, -0.05) is 12.1 Å². The van der Waals surface area contributed by atoms with E-state index in [4.69, 9.17) is 9.47 Å². The monoisotopic (exact) mass is 520 g/mol. The highest BCUT2D eigenvalue weighted by Gasteiger charge is 2.25. The molecule has 1 fully saturated rings. The Morgan fingerprint density at radius 3 is 2.05 bits per heavy atom. The van der Waals surface area contributed by atoms with Gasteiger partial charge in [0.15, 0.2) is 23.1 Å². The van der Waals surface area contributed by atoms with E-state index >= 15 is 0 Å². The molecule has 3 aromatic rings. The first kappa shape index (κ1) is 26.9. The highest BCUT2D eigenvalue weighted by molar-refractivity contribution is 5.66. The van der Waals surface area contributed by atoms with Gasteiger partial charge in [-0.3, -0.25) is 0 Å². The van der Waals surface area contributed by atoms with Crippen molar-refractivity contribution in [3.8, 4) is 22.6 Å². The summed E-state index contributed by atoms with van der Waals surface area (Å²) in [5.41, 5.74) is 0.449. The summed E-state index contributed by atoms with van der Waals surface area (Å²) in [6.45, 7) is 3.41. The van der Waals surface area contributed by atoms with Crippen molar-refractivity contribution in [2.75, 3.05) is 13.2 Å². The summed E-state index contributed by atoms with van der Waals surface area (Å²) in [6, 6.07) is 9.78. The van der Waals surface area contributed by atoms with Crippen LogP contribution in [-0.2, 0) is 0 Å². The zero-order valence-electron chi connectivity index (χ0n) is 20.7. The van der Waals surface area contributed by atoms with Crippen LogP contribution >= 0.6 is 0 Å². The van der Waals surface area contributed by atoms with E-state index in [1.54, 1.807) is 13.0 Å². The van der Waals surface area contributed by atoms with E-state index in [1.165, 1.54) is 43.3 Å². The lowest BCUT2D eigenvalue weighted by molar-refractivity contribution is 0.184. The Kier molecular flexibility index (Phi) is 8.37. The van der Waals surface area contributed by atoms with Gasteiger partial charge in [0.2, 0.25) is 11.6 Å². The predicted octanol–water partition coefficient (Wildman–Crippen LogP) is 7.85. The molecule has 0 bridgehead atoms. The van der Waals surface area contributed by atoms with Crippen LogP contribution in [0.2, 0.25) is 0 Å². The molecule has 37 heavy (non-hydrogen) atoms. The molecule has 1 atom stereocenters. The molecule has 198 valence electrons. The molecule has 1 aliphatic rings. The molecule has 0 aliphatic heterocycles. The molecular formula is C29H29F5O3. The van der Waals surface area contributed by atoms with Crippen LogP contribution in [0.1, 0.15) is 62.7 Å². The number of rotatable bonds is 8. The highest BCUT2D eigenvalue weighted by atomic mass is 19.2. The van der Waals surface area contributed by atoms with E-state index in [0.29, 0.717) is 0 Å². The molecule has 4 rings (SSSR count). The summed E-state index contributed by atoms with van der Waals surface area (Å²) < 4.78 is 82.7. The number of ether oxygens (including phenoxy) is 2. The molecule has 0 heterocycles. The molecule has 1 saturated carbocycles. The van der Waals surface area contributed by atoms with Crippen LogP contribution < -0.4 is 9.47 Å². The van der Waals surface area contributed by atoms with Gasteiger partial charge in [0.25, 0.3) is 0 Å². The Labute approximate surface area is 212 Å². The first-order valence-electron chi connectivity index (χ1n) is 12.4. The molecule has 3 nitrogen and oxygen atoms in total. The van der Waals surface area contributed by atoms with Gasteiger partial charge in [0, 0.05) is 16.7 Å². The summed E-state index contributed by atoms with van der Waals surface area (Å²) in [7, 11) is 0. The van der Waals surface area contributed by atoms with Crippen molar-refractivity contribution in [1.82, 2.24) is 0 Å². The van der Waals surface area contributed by atoms with Crippen LogP contribution in [0.25, 0.3) is 11.1 Å². The molecule has 0 radical (unpaired) electrons. The third-order valence-electron chi connectivity index (χ3n) is 6.95. The summed E-state index contributed by atoms with van der Waals surface area (Å²) in [5.74, 6) is -5.38. The van der Waals surface area contributed by atoms with Crippen molar-refractivity contribution in [1.29, 1.82) is 0 Å². The number of hydrogen-bond acceptors (Lipinski definition) is 3. The topological polar surface area (TPSA) is 38.7 Å². The van der Waals surface area contributed by atoms with Gasteiger partial charge in [-0.05, 0) is 87.3 Å². The number of aliphatic hydroxyl groups is 1. The van der Waals surface area contributed by atoms with Crippen LogP contribution in [0.3, 0.4) is 0 Å². The second-order valence-corrected chi connectivity index (χ2v) is 9.40. The standard InChI is InChI=1S/C29H29F5O3/c1-3-36-24-13-11-22(27(32)28(24)33)21-9-8-19(14-23(21)30)18-6-4-17(5-7-18)15-37-25-12-10-20(16(2)35)26(31)29(25)34/h8-14,16-18,35H,3-7,15H2,1-2H3. The van der Waals surface area contributed by atoms with Gasteiger partial charge >= 0.3 is 0 Å². The van der Waals surface area contributed by atoms with E-state index in [0.717, 1.165) is 31.2 Å². The van der Waals surface area contributed by atoms with E-state index < -0.39 is 35.2 Å². The maximum Gasteiger partial charge on any atom is 0.201 e. The Balaban J connectivity index is 1.38. The minimum absolute atomic E-state index is 0.0267. The van der Waals surface area contributed by atoms with Crippen LogP contribution in [0.4, 0.5) is 22.0 Å². The first-order valence-corrected chi connectivity index (χ1v) is 12.4. The SMILES string of the molecule is CCOc1ccc(-c2ccc(C3CCC(COc4ccc(C(C)O)c(F)c4F)CC3)cc2F)c(F)c1F. The van der Waals surface area contributed by atoms with Gasteiger partial charge in [0.05, 0.1) is 19.3 Å². The van der Waals surface area contributed by atoms with Crippen molar-refractivity contribution in [2.24, 2.45) is 5.92 Å². The lowest BCUT2D eigenvalue weighted by atomic mass is 9.78. The van der Waals surface area contributed by atoms with Gasteiger partial charge in [-0.25, -0.2) is 13.2 Å². The van der Waals surface area contributed by atoms with Crippen LogP contribution in [0.5, 0.6) is 11.5 Å². The maximum absolute atomic E-state index is 15.0.